The molecular formula is C27H26O4S. The van der Waals surface area contributed by atoms with Crippen LogP contribution in [0, 0.1) is 6.92 Å². The van der Waals surface area contributed by atoms with Crippen LogP contribution in [0.5, 0.6) is 0 Å². The molecule has 1 unspecified atom stereocenters. The van der Waals surface area contributed by atoms with Crippen LogP contribution in [0.2, 0.25) is 0 Å². The summed E-state index contributed by atoms with van der Waals surface area (Å²) in [5.41, 5.74) is 3.66. The van der Waals surface area contributed by atoms with E-state index in [0.717, 1.165) is 16.7 Å². The van der Waals surface area contributed by atoms with Gasteiger partial charge in [-0.3, -0.25) is 4.79 Å². The van der Waals surface area contributed by atoms with E-state index in [-0.39, 0.29) is 4.90 Å². The molecule has 3 rings (SSSR count). The van der Waals surface area contributed by atoms with Gasteiger partial charge < -0.3 is 0 Å². The molecule has 0 saturated carbocycles. The summed E-state index contributed by atoms with van der Waals surface area (Å²) in [4.78, 5) is 13.4. The summed E-state index contributed by atoms with van der Waals surface area (Å²) in [6.45, 7) is 5.69. The van der Waals surface area contributed by atoms with Gasteiger partial charge in [0.1, 0.15) is 0 Å². The molecular weight excluding hydrogens is 420 g/mol. The predicted octanol–water partition coefficient (Wildman–Crippen LogP) is 6.39. The van der Waals surface area contributed by atoms with E-state index in [4.69, 9.17) is 4.18 Å². The summed E-state index contributed by atoms with van der Waals surface area (Å²) in [6, 6.07) is 20.4. The maximum Gasteiger partial charge on any atom is 0.298 e. The molecule has 0 amide bonds. The topological polar surface area (TPSA) is 60.4 Å². The Morgan fingerprint density at radius 1 is 0.781 bits per heavy atom. The molecule has 0 aliphatic heterocycles. The zero-order valence-electron chi connectivity index (χ0n) is 18.4. The molecule has 0 fully saturated rings. The average Bonchev–Trinajstić information content (AvgIpc) is 2.79. The van der Waals surface area contributed by atoms with Gasteiger partial charge in [0.2, 0.25) is 0 Å². The van der Waals surface area contributed by atoms with Gasteiger partial charge >= 0.3 is 0 Å². The second kappa shape index (κ2) is 10.4. The minimum atomic E-state index is -4.16. The fourth-order valence-electron chi connectivity index (χ4n) is 3.21. The Labute approximate surface area is 190 Å². The lowest BCUT2D eigenvalue weighted by Gasteiger charge is -2.18. The molecule has 4 nitrogen and oxygen atoms in total. The quantitative estimate of drug-likeness (QED) is 0.297. The smallest absolute Gasteiger partial charge is 0.291 e. The Bertz CT molecular complexity index is 1220. The first-order chi connectivity index (χ1) is 15.3. The van der Waals surface area contributed by atoms with Gasteiger partial charge in [-0.1, -0.05) is 90.5 Å². The van der Waals surface area contributed by atoms with Crippen molar-refractivity contribution in [2.75, 3.05) is 0 Å². The Kier molecular flexibility index (Phi) is 7.57. The Balaban J connectivity index is 2.00. The van der Waals surface area contributed by atoms with E-state index in [1.807, 2.05) is 69.3 Å². The molecule has 5 heteroatoms. The summed E-state index contributed by atoms with van der Waals surface area (Å²) in [6.07, 6.45) is 6.36. The van der Waals surface area contributed by atoms with Crippen LogP contribution in [-0.4, -0.2) is 14.2 Å². The van der Waals surface area contributed by atoms with Gasteiger partial charge in [0, 0.05) is 5.56 Å². The van der Waals surface area contributed by atoms with Crippen LogP contribution in [-0.2, 0) is 14.3 Å². The van der Waals surface area contributed by atoms with Crippen molar-refractivity contribution in [2.24, 2.45) is 0 Å². The summed E-state index contributed by atoms with van der Waals surface area (Å²) in [5, 5.41) is 0. The van der Waals surface area contributed by atoms with Crippen LogP contribution in [0.4, 0.5) is 0 Å². The van der Waals surface area contributed by atoms with Crippen molar-refractivity contribution in [1.29, 1.82) is 0 Å². The molecule has 0 aliphatic rings. The lowest BCUT2D eigenvalue weighted by Crippen LogP contribution is -2.20. The highest BCUT2D eigenvalue weighted by Gasteiger charge is 2.30. The van der Waals surface area contributed by atoms with Crippen molar-refractivity contribution < 1.29 is 17.4 Å². The minimum absolute atomic E-state index is 0.00914. The van der Waals surface area contributed by atoms with Gasteiger partial charge in [0.15, 0.2) is 11.9 Å². The van der Waals surface area contributed by atoms with Crippen LogP contribution in [0.3, 0.4) is 0 Å². The van der Waals surface area contributed by atoms with E-state index >= 15 is 0 Å². The van der Waals surface area contributed by atoms with E-state index in [2.05, 4.69) is 0 Å². The minimum Gasteiger partial charge on any atom is -0.291 e. The lowest BCUT2D eigenvalue weighted by atomic mass is 9.98. The lowest BCUT2D eigenvalue weighted by molar-refractivity contribution is 0.0801. The van der Waals surface area contributed by atoms with Crippen LogP contribution in [0.1, 0.15) is 52.6 Å². The molecule has 0 aliphatic carbocycles. The molecule has 3 aromatic carbocycles. The van der Waals surface area contributed by atoms with Crippen LogP contribution >= 0.6 is 0 Å². The van der Waals surface area contributed by atoms with Gasteiger partial charge in [0.05, 0.1) is 4.90 Å². The molecule has 0 bridgehead atoms. The molecule has 0 spiro atoms. The normalized spacial score (nSPS) is 13.0. The molecule has 1 atom stereocenters. The third-order valence-electron chi connectivity index (χ3n) is 4.92. The number of benzene rings is 3. The van der Waals surface area contributed by atoms with Crippen LogP contribution in [0.25, 0.3) is 12.2 Å². The first-order valence-corrected chi connectivity index (χ1v) is 11.7. The highest BCUT2D eigenvalue weighted by Crippen LogP contribution is 2.28. The van der Waals surface area contributed by atoms with Crippen molar-refractivity contribution in [1.82, 2.24) is 0 Å². The van der Waals surface area contributed by atoms with Gasteiger partial charge in [-0.15, -0.1) is 0 Å². The molecule has 0 saturated heterocycles. The standard InChI is InChI=1S/C27H26O4S/c1-4-6-21-10-14-23(15-11-21)26(28)27(24-16-12-22(7-5-2)13-17-24)31-32(29,30)25-18-8-20(3)9-19-25/h4-19,27H,1-3H3/b6-4+,7-5+. The monoisotopic (exact) mass is 446 g/mol. The highest BCUT2D eigenvalue weighted by molar-refractivity contribution is 7.86. The average molecular weight is 447 g/mol. The number of rotatable bonds is 8. The summed E-state index contributed by atoms with van der Waals surface area (Å²) >= 11 is 0. The van der Waals surface area contributed by atoms with Crippen molar-refractivity contribution in [3.05, 3.63) is 113 Å². The fourth-order valence-corrected chi connectivity index (χ4v) is 4.25. The molecule has 0 N–H and O–H groups in total. The van der Waals surface area contributed by atoms with Gasteiger partial charge in [-0.05, 0) is 49.6 Å². The maximum atomic E-state index is 13.4. The van der Waals surface area contributed by atoms with E-state index in [0.29, 0.717) is 11.1 Å². The molecule has 164 valence electrons. The first kappa shape index (κ1) is 23.4. The molecule has 0 radical (unpaired) electrons. The van der Waals surface area contributed by atoms with Gasteiger partial charge in [-0.2, -0.15) is 8.42 Å². The summed E-state index contributed by atoms with van der Waals surface area (Å²) < 4.78 is 31.5. The Morgan fingerprint density at radius 2 is 1.28 bits per heavy atom. The van der Waals surface area contributed by atoms with Crippen LogP contribution in [0.15, 0.2) is 89.8 Å². The predicted molar refractivity (Wildman–Crippen MR) is 129 cm³/mol. The summed E-state index contributed by atoms with van der Waals surface area (Å²) in [5.74, 6) is -0.425. The van der Waals surface area contributed by atoms with Crippen LogP contribution < -0.4 is 0 Å². The third kappa shape index (κ3) is 5.69. The number of aryl methyl sites for hydroxylation is 1. The number of allylic oxidation sites excluding steroid dienone is 2. The number of Topliss-reactive ketones (excluding diaryl/α,β-unsaturated/α-hetero) is 1. The number of hydrogen-bond acceptors (Lipinski definition) is 4. The zero-order valence-corrected chi connectivity index (χ0v) is 19.2. The van der Waals surface area contributed by atoms with E-state index in [9.17, 15) is 13.2 Å². The van der Waals surface area contributed by atoms with Gasteiger partial charge in [-0.25, -0.2) is 4.18 Å². The highest BCUT2D eigenvalue weighted by atomic mass is 32.2. The SMILES string of the molecule is C/C=C/c1ccc(C(=O)C(OS(=O)(=O)c2ccc(C)cc2)c2ccc(/C=C/C)cc2)cc1. The maximum absolute atomic E-state index is 13.4. The first-order valence-electron chi connectivity index (χ1n) is 10.3. The number of carbonyl (C=O) groups is 1. The molecule has 0 aromatic heterocycles. The third-order valence-corrected chi connectivity index (χ3v) is 6.22. The largest absolute Gasteiger partial charge is 0.298 e. The number of hydrogen-bond donors (Lipinski definition) is 0. The Morgan fingerprint density at radius 3 is 1.78 bits per heavy atom. The number of ketones is 1. The molecule has 32 heavy (non-hydrogen) atoms. The van der Waals surface area contributed by atoms with E-state index in [1.165, 1.54) is 12.1 Å². The second-order valence-corrected chi connectivity index (χ2v) is 8.97. The van der Waals surface area contributed by atoms with E-state index in [1.54, 1.807) is 36.4 Å². The summed E-state index contributed by atoms with van der Waals surface area (Å²) in [7, 11) is -4.16. The van der Waals surface area contributed by atoms with E-state index < -0.39 is 22.0 Å². The second-order valence-electron chi connectivity index (χ2n) is 7.40. The fraction of sp³-hybridized carbons (Fsp3) is 0.148. The molecule has 3 aromatic rings. The van der Waals surface area contributed by atoms with Crippen molar-refractivity contribution in [2.45, 2.75) is 31.8 Å². The van der Waals surface area contributed by atoms with Crippen molar-refractivity contribution in [3.63, 3.8) is 0 Å². The zero-order chi connectivity index (χ0) is 23.1. The Hall–Kier alpha value is -3.28. The van der Waals surface area contributed by atoms with Gasteiger partial charge in [0.25, 0.3) is 10.1 Å². The van der Waals surface area contributed by atoms with Crippen molar-refractivity contribution >= 4 is 28.1 Å². The number of carbonyl (C=O) groups excluding carboxylic acids is 1. The van der Waals surface area contributed by atoms with Crippen molar-refractivity contribution in [3.8, 4) is 0 Å². The molecule has 0 heterocycles.